The third-order valence-electron chi connectivity index (χ3n) is 6.26. The number of nitrogens with zero attached hydrogens (tertiary/aromatic N) is 3. The van der Waals surface area contributed by atoms with Gasteiger partial charge in [-0.25, -0.2) is 13.1 Å². The molecule has 10 heteroatoms. The fourth-order valence-corrected chi connectivity index (χ4v) is 7.62. The molecule has 2 saturated heterocycles. The molecule has 2 aliphatic rings. The zero-order valence-electron chi connectivity index (χ0n) is 20.7. The molecule has 5 rings (SSSR count). The van der Waals surface area contributed by atoms with Crippen molar-refractivity contribution in [3.63, 3.8) is 0 Å². The van der Waals surface area contributed by atoms with Crippen LogP contribution in [0.1, 0.15) is 31.4 Å². The van der Waals surface area contributed by atoms with Crippen LogP contribution >= 0.6 is 24.0 Å². The Hall–Kier alpha value is -2.95. The van der Waals surface area contributed by atoms with Crippen LogP contribution in [0.15, 0.2) is 59.6 Å². The smallest absolute Gasteiger partial charge is 0.266 e. The van der Waals surface area contributed by atoms with Crippen molar-refractivity contribution in [2.24, 2.45) is 0 Å². The Kier molecular flexibility index (Phi) is 6.99. The Morgan fingerprint density at radius 1 is 1.19 bits per heavy atom. The van der Waals surface area contributed by atoms with Crippen molar-refractivity contribution >= 4 is 50.1 Å². The number of thiocarbonyl (C=S) groups is 1. The molecule has 0 N–H and O–H groups in total. The average Bonchev–Trinajstić information content (AvgIpc) is 3.51. The molecule has 0 aliphatic carbocycles. The average molecular weight is 554 g/mol. The summed E-state index contributed by atoms with van der Waals surface area (Å²) in [4.78, 5) is 15.3. The minimum Gasteiger partial charge on any atom is -0.491 e. The van der Waals surface area contributed by atoms with Gasteiger partial charge in [0.1, 0.15) is 15.8 Å². The van der Waals surface area contributed by atoms with Crippen LogP contribution in [-0.4, -0.2) is 57.0 Å². The van der Waals surface area contributed by atoms with Gasteiger partial charge in [0.15, 0.2) is 9.84 Å². The van der Waals surface area contributed by atoms with E-state index in [-0.39, 0.29) is 23.5 Å². The number of para-hydroxylation sites is 1. The Morgan fingerprint density at radius 2 is 1.95 bits per heavy atom. The fourth-order valence-electron chi connectivity index (χ4n) is 4.53. The first-order valence-electron chi connectivity index (χ1n) is 12.0. The normalized spacial score (nSPS) is 20.4. The van der Waals surface area contributed by atoms with Gasteiger partial charge in [0, 0.05) is 17.3 Å². The topological polar surface area (TPSA) is 81.5 Å². The Bertz CT molecular complexity index is 1510. The summed E-state index contributed by atoms with van der Waals surface area (Å²) in [6, 6.07) is 15.3. The summed E-state index contributed by atoms with van der Waals surface area (Å²) in [5, 5.41) is 4.87. The molecule has 7 nitrogen and oxygen atoms in total. The van der Waals surface area contributed by atoms with E-state index in [9.17, 15) is 13.2 Å². The molecule has 1 aromatic heterocycles. The van der Waals surface area contributed by atoms with E-state index in [0.717, 1.165) is 33.8 Å². The predicted molar refractivity (Wildman–Crippen MR) is 152 cm³/mol. The number of aromatic nitrogens is 2. The lowest BCUT2D eigenvalue weighted by Crippen LogP contribution is -2.39. The van der Waals surface area contributed by atoms with Gasteiger partial charge in [0.05, 0.1) is 34.2 Å². The maximum Gasteiger partial charge on any atom is 0.266 e. The number of thioether (sulfide) groups is 1. The highest BCUT2D eigenvalue weighted by Gasteiger charge is 2.42. The zero-order chi connectivity index (χ0) is 26.3. The lowest BCUT2D eigenvalue weighted by atomic mass is 10.0. The van der Waals surface area contributed by atoms with Crippen LogP contribution in [0.25, 0.3) is 23.0 Å². The maximum absolute atomic E-state index is 13.4. The van der Waals surface area contributed by atoms with E-state index in [1.165, 1.54) is 16.7 Å². The third-order valence-corrected chi connectivity index (χ3v) is 9.34. The number of carbonyl (C=O) groups is 1. The van der Waals surface area contributed by atoms with Crippen LogP contribution in [-0.2, 0) is 14.6 Å². The molecule has 2 aliphatic heterocycles. The van der Waals surface area contributed by atoms with E-state index in [4.69, 9.17) is 22.1 Å². The molecular formula is C27H27N3O4S3. The number of ether oxygens (including phenoxy) is 1. The molecule has 0 radical (unpaired) electrons. The summed E-state index contributed by atoms with van der Waals surface area (Å²) in [5.74, 6) is 0.591. The second kappa shape index (κ2) is 10.1. The summed E-state index contributed by atoms with van der Waals surface area (Å²) >= 11 is 6.70. The van der Waals surface area contributed by atoms with Crippen LogP contribution < -0.4 is 4.74 Å². The lowest BCUT2D eigenvalue weighted by molar-refractivity contribution is -0.123. The van der Waals surface area contributed by atoms with E-state index in [1.807, 2.05) is 75.5 Å². The van der Waals surface area contributed by atoms with Gasteiger partial charge in [0.2, 0.25) is 0 Å². The quantitative estimate of drug-likeness (QED) is 0.313. The van der Waals surface area contributed by atoms with Crippen molar-refractivity contribution in [2.45, 2.75) is 39.3 Å². The molecule has 3 aromatic rings. The predicted octanol–water partition coefficient (Wildman–Crippen LogP) is 5.02. The molecule has 0 unspecified atom stereocenters. The number of amides is 1. The Balaban J connectivity index is 1.54. The maximum atomic E-state index is 13.4. The summed E-state index contributed by atoms with van der Waals surface area (Å²) in [5.41, 5.74) is 4.26. The molecule has 3 heterocycles. The Labute approximate surface area is 226 Å². The van der Waals surface area contributed by atoms with Crippen LogP contribution in [0.5, 0.6) is 5.75 Å². The zero-order valence-corrected chi connectivity index (χ0v) is 23.2. The summed E-state index contributed by atoms with van der Waals surface area (Å²) in [6.45, 7) is 5.98. The lowest BCUT2D eigenvalue weighted by Gasteiger charge is -2.20. The first-order valence-corrected chi connectivity index (χ1v) is 15.1. The number of aryl methyl sites for hydroxylation is 1. The SMILES string of the molecule is Cc1cc(-c2nn(-c3ccccc3)cc2/C=C2\SC(=S)N([C@H]3CCS(=O)(=O)C3)C2=O)ccc1OC(C)C. The van der Waals surface area contributed by atoms with Gasteiger partial charge in [-0.05, 0) is 69.2 Å². The molecule has 0 saturated carbocycles. The molecule has 2 fully saturated rings. The molecule has 2 aromatic carbocycles. The summed E-state index contributed by atoms with van der Waals surface area (Å²) in [7, 11) is -3.15. The van der Waals surface area contributed by atoms with Crippen molar-refractivity contribution in [3.05, 3.63) is 70.8 Å². The molecule has 0 bridgehead atoms. The third kappa shape index (κ3) is 5.37. The highest BCUT2D eigenvalue weighted by molar-refractivity contribution is 8.26. The highest BCUT2D eigenvalue weighted by atomic mass is 32.2. The number of sulfone groups is 1. The minimum atomic E-state index is -3.15. The van der Waals surface area contributed by atoms with Gasteiger partial charge in [-0.1, -0.05) is 42.2 Å². The monoisotopic (exact) mass is 553 g/mol. The van der Waals surface area contributed by atoms with Gasteiger partial charge < -0.3 is 4.74 Å². The number of rotatable bonds is 6. The molecule has 192 valence electrons. The van der Waals surface area contributed by atoms with E-state index in [1.54, 1.807) is 10.8 Å². The van der Waals surface area contributed by atoms with Crippen molar-refractivity contribution in [1.29, 1.82) is 0 Å². The van der Waals surface area contributed by atoms with Gasteiger partial charge in [-0.2, -0.15) is 5.10 Å². The van der Waals surface area contributed by atoms with Gasteiger partial charge >= 0.3 is 0 Å². The Morgan fingerprint density at radius 3 is 2.59 bits per heavy atom. The second-order valence-electron chi connectivity index (χ2n) is 9.47. The van der Waals surface area contributed by atoms with E-state index >= 15 is 0 Å². The van der Waals surface area contributed by atoms with Gasteiger partial charge in [-0.15, -0.1) is 0 Å². The van der Waals surface area contributed by atoms with Crippen molar-refractivity contribution < 1.29 is 17.9 Å². The molecule has 1 atom stereocenters. The van der Waals surface area contributed by atoms with E-state index in [0.29, 0.717) is 15.6 Å². The van der Waals surface area contributed by atoms with E-state index < -0.39 is 15.9 Å². The summed E-state index contributed by atoms with van der Waals surface area (Å²) < 4.78 is 32.1. The second-order valence-corrected chi connectivity index (χ2v) is 13.4. The summed E-state index contributed by atoms with van der Waals surface area (Å²) in [6.07, 6.45) is 4.17. The number of hydrogen-bond donors (Lipinski definition) is 0. The highest BCUT2D eigenvalue weighted by Crippen LogP contribution is 2.38. The van der Waals surface area contributed by atoms with Crippen LogP contribution in [0.2, 0.25) is 0 Å². The molecule has 37 heavy (non-hydrogen) atoms. The van der Waals surface area contributed by atoms with Crippen molar-refractivity contribution in [3.8, 4) is 22.7 Å². The number of hydrogen-bond acceptors (Lipinski definition) is 7. The molecule has 1 amide bonds. The van der Waals surface area contributed by atoms with E-state index in [2.05, 4.69) is 0 Å². The largest absolute Gasteiger partial charge is 0.491 e. The standard InChI is InChI=1S/C27H27N3O4S3/c1-17(2)34-23-10-9-19(13-18(23)3)25-20(15-29(28-25)21-7-5-4-6-8-21)14-24-26(31)30(27(35)36-24)22-11-12-37(32,33)16-22/h4-10,13-15,17,22H,11-12,16H2,1-3H3/b24-14-/t22-/m0/s1. The minimum absolute atomic E-state index is 0.0476. The fraction of sp³-hybridized carbons (Fsp3) is 0.296. The van der Waals surface area contributed by atoms with Gasteiger partial charge in [-0.3, -0.25) is 9.69 Å². The first-order chi connectivity index (χ1) is 17.6. The first kappa shape index (κ1) is 25.7. The van der Waals surface area contributed by atoms with Crippen LogP contribution in [0.4, 0.5) is 0 Å². The van der Waals surface area contributed by atoms with Gasteiger partial charge in [0.25, 0.3) is 5.91 Å². The molecule has 0 spiro atoms. The van der Waals surface area contributed by atoms with Crippen LogP contribution in [0.3, 0.4) is 0 Å². The number of benzene rings is 2. The van der Waals surface area contributed by atoms with Crippen LogP contribution in [0, 0.1) is 6.92 Å². The van der Waals surface area contributed by atoms with Crippen molar-refractivity contribution in [1.82, 2.24) is 14.7 Å². The number of carbonyl (C=O) groups excluding carboxylic acids is 1. The molecular weight excluding hydrogens is 527 g/mol. The van der Waals surface area contributed by atoms with Crippen molar-refractivity contribution in [2.75, 3.05) is 11.5 Å².